The summed E-state index contributed by atoms with van der Waals surface area (Å²) in [5.74, 6) is 0. The summed E-state index contributed by atoms with van der Waals surface area (Å²) in [5.41, 5.74) is 0.696. The molecule has 18 heavy (non-hydrogen) atoms. The molecule has 2 rings (SSSR count). The molecular formula is C10H17ClN4O2S. The molecule has 0 bridgehead atoms. The van der Waals surface area contributed by atoms with E-state index in [1.54, 1.807) is 13.0 Å². The summed E-state index contributed by atoms with van der Waals surface area (Å²) in [6.45, 7) is 3.12. The van der Waals surface area contributed by atoms with Crippen molar-refractivity contribution in [2.45, 2.75) is 30.8 Å². The topological polar surface area (TPSA) is 84.0 Å². The van der Waals surface area contributed by atoms with Crippen molar-refractivity contribution in [3.8, 4) is 0 Å². The van der Waals surface area contributed by atoms with Crippen LogP contribution in [0.4, 0.5) is 0 Å². The standard InChI is InChI=1S/C10H16N4O2S.ClH/c1-8-4-5-10(14-13-8)17(15,16)12-7-9-3-2-6-11-9;/h4-5,9,11-12H,2-3,6-7H2,1H3;1H. The van der Waals surface area contributed by atoms with Crippen LogP contribution in [0.1, 0.15) is 18.5 Å². The first-order valence-electron chi connectivity index (χ1n) is 5.61. The number of rotatable bonds is 4. The molecule has 2 N–H and O–H groups in total. The maximum Gasteiger partial charge on any atom is 0.259 e. The smallest absolute Gasteiger partial charge is 0.259 e. The van der Waals surface area contributed by atoms with Gasteiger partial charge in [-0.1, -0.05) is 0 Å². The maximum absolute atomic E-state index is 11.9. The lowest BCUT2D eigenvalue weighted by Gasteiger charge is -2.11. The highest BCUT2D eigenvalue weighted by Gasteiger charge is 2.20. The molecule has 102 valence electrons. The molecule has 1 aromatic heterocycles. The van der Waals surface area contributed by atoms with Crippen LogP contribution in [0.5, 0.6) is 0 Å². The van der Waals surface area contributed by atoms with Gasteiger partial charge in [0, 0.05) is 12.6 Å². The molecule has 1 saturated heterocycles. The van der Waals surface area contributed by atoms with Crippen molar-refractivity contribution in [3.05, 3.63) is 17.8 Å². The molecule has 6 nitrogen and oxygen atoms in total. The van der Waals surface area contributed by atoms with E-state index in [0.29, 0.717) is 12.2 Å². The Bertz CT molecular complexity index is 471. The number of aromatic nitrogens is 2. The monoisotopic (exact) mass is 292 g/mol. The van der Waals surface area contributed by atoms with Crippen LogP contribution in [0.2, 0.25) is 0 Å². The zero-order valence-corrected chi connectivity index (χ0v) is 11.7. The predicted molar refractivity (Wildman–Crippen MR) is 70.2 cm³/mol. The number of sulfonamides is 1. The summed E-state index contributed by atoms with van der Waals surface area (Å²) in [7, 11) is -3.53. The van der Waals surface area contributed by atoms with Gasteiger partial charge in [-0.25, -0.2) is 13.1 Å². The third kappa shape index (κ3) is 3.88. The van der Waals surface area contributed by atoms with E-state index >= 15 is 0 Å². The van der Waals surface area contributed by atoms with Crippen molar-refractivity contribution in [1.29, 1.82) is 0 Å². The highest BCUT2D eigenvalue weighted by atomic mass is 35.5. The second kappa shape index (κ2) is 6.42. The number of halogens is 1. The SMILES string of the molecule is Cc1ccc(S(=O)(=O)NCC2CCCN2)nn1.Cl. The zero-order valence-electron chi connectivity index (χ0n) is 10.1. The lowest BCUT2D eigenvalue weighted by atomic mass is 10.2. The Morgan fingerprint density at radius 2 is 2.22 bits per heavy atom. The van der Waals surface area contributed by atoms with Crippen LogP contribution in [-0.2, 0) is 10.0 Å². The highest BCUT2D eigenvalue weighted by Crippen LogP contribution is 2.07. The second-order valence-electron chi connectivity index (χ2n) is 4.16. The molecule has 0 aliphatic carbocycles. The van der Waals surface area contributed by atoms with Gasteiger partial charge < -0.3 is 5.32 Å². The molecule has 1 aliphatic heterocycles. The molecule has 0 amide bonds. The van der Waals surface area contributed by atoms with E-state index in [0.717, 1.165) is 19.4 Å². The van der Waals surface area contributed by atoms with E-state index in [4.69, 9.17) is 0 Å². The lowest BCUT2D eigenvalue weighted by molar-refractivity contribution is 0.547. The van der Waals surface area contributed by atoms with Gasteiger partial charge in [-0.3, -0.25) is 0 Å². The van der Waals surface area contributed by atoms with Gasteiger partial charge in [0.05, 0.1) is 5.69 Å². The van der Waals surface area contributed by atoms with Crippen LogP contribution >= 0.6 is 12.4 Å². The number of aryl methyl sites for hydroxylation is 1. The molecule has 1 aromatic rings. The van der Waals surface area contributed by atoms with Crippen molar-refractivity contribution >= 4 is 22.4 Å². The quantitative estimate of drug-likeness (QED) is 0.830. The molecule has 8 heteroatoms. The summed E-state index contributed by atoms with van der Waals surface area (Å²) >= 11 is 0. The zero-order chi connectivity index (χ0) is 12.3. The Morgan fingerprint density at radius 3 is 2.78 bits per heavy atom. The van der Waals surface area contributed by atoms with E-state index in [9.17, 15) is 8.42 Å². The molecule has 1 fully saturated rings. The first-order valence-corrected chi connectivity index (χ1v) is 7.09. The van der Waals surface area contributed by atoms with E-state index in [2.05, 4.69) is 20.2 Å². The average molecular weight is 293 g/mol. The normalized spacial score (nSPS) is 19.5. The van der Waals surface area contributed by atoms with E-state index in [-0.39, 0.29) is 23.5 Å². The molecule has 1 unspecified atom stereocenters. The fourth-order valence-corrected chi connectivity index (χ4v) is 2.71. The minimum Gasteiger partial charge on any atom is -0.313 e. The first kappa shape index (κ1) is 15.3. The predicted octanol–water partition coefficient (Wildman–Crippen LogP) is 0.237. The van der Waals surface area contributed by atoms with Crippen molar-refractivity contribution < 1.29 is 8.42 Å². The van der Waals surface area contributed by atoms with Crippen LogP contribution in [0.15, 0.2) is 17.2 Å². The number of hydrogen-bond acceptors (Lipinski definition) is 5. The molecule has 2 heterocycles. The van der Waals surface area contributed by atoms with Crippen molar-refractivity contribution in [2.75, 3.05) is 13.1 Å². The Labute approximate surface area is 113 Å². The van der Waals surface area contributed by atoms with Crippen LogP contribution in [0, 0.1) is 6.92 Å². The average Bonchev–Trinajstić information content (AvgIpc) is 2.80. The fourth-order valence-electron chi connectivity index (χ4n) is 1.75. The first-order chi connectivity index (χ1) is 8.08. The summed E-state index contributed by atoms with van der Waals surface area (Å²) < 4.78 is 26.3. The molecule has 0 radical (unpaired) electrons. The van der Waals surface area contributed by atoms with Gasteiger partial charge in [0.1, 0.15) is 0 Å². The number of hydrogen-bond donors (Lipinski definition) is 2. The molecule has 1 aliphatic rings. The van der Waals surface area contributed by atoms with Crippen LogP contribution in [0.25, 0.3) is 0 Å². The molecule has 0 aromatic carbocycles. The summed E-state index contributed by atoms with van der Waals surface area (Å²) in [6.07, 6.45) is 2.10. The van der Waals surface area contributed by atoms with Gasteiger partial charge >= 0.3 is 0 Å². The molecule has 0 saturated carbocycles. The minimum absolute atomic E-state index is 0. The second-order valence-corrected chi connectivity index (χ2v) is 5.87. The Hall–Kier alpha value is -0.760. The summed E-state index contributed by atoms with van der Waals surface area (Å²) in [6, 6.07) is 3.32. The van der Waals surface area contributed by atoms with Crippen LogP contribution < -0.4 is 10.0 Å². The molecule has 1 atom stereocenters. The fraction of sp³-hybridized carbons (Fsp3) is 0.600. The van der Waals surface area contributed by atoms with Gasteiger partial charge in [-0.2, -0.15) is 5.10 Å². The van der Waals surface area contributed by atoms with Gasteiger partial charge in [-0.05, 0) is 38.4 Å². The number of nitrogens with one attached hydrogen (secondary N) is 2. The summed E-state index contributed by atoms with van der Waals surface area (Å²) in [5, 5.41) is 10.6. The van der Waals surface area contributed by atoms with Gasteiger partial charge in [0.15, 0.2) is 5.03 Å². The lowest BCUT2D eigenvalue weighted by Crippen LogP contribution is -2.37. The van der Waals surface area contributed by atoms with E-state index in [1.165, 1.54) is 6.07 Å². The highest BCUT2D eigenvalue weighted by molar-refractivity contribution is 7.89. The van der Waals surface area contributed by atoms with Crippen LogP contribution in [-0.4, -0.2) is 37.7 Å². The maximum atomic E-state index is 11.9. The van der Waals surface area contributed by atoms with E-state index in [1.807, 2.05) is 0 Å². The number of nitrogens with zero attached hydrogens (tertiary/aromatic N) is 2. The Morgan fingerprint density at radius 1 is 1.44 bits per heavy atom. The molecule has 0 spiro atoms. The Kier molecular flexibility index (Phi) is 5.46. The summed E-state index contributed by atoms with van der Waals surface area (Å²) in [4.78, 5) is 0. The van der Waals surface area contributed by atoms with E-state index < -0.39 is 10.0 Å². The van der Waals surface area contributed by atoms with Crippen molar-refractivity contribution in [2.24, 2.45) is 0 Å². The third-order valence-electron chi connectivity index (χ3n) is 2.73. The Balaban J connectivity index is 0.00000162. The van der Waals surface area contributed by atoms with Gasteiger partial charge in [-0.15, -0.1) is 17.5 Å². The molecular weight excluding hydrogens is 276 g/mol. The van der Waals surface area contributed by atoms with Crippen LogP contribution in [0.3, 0.4) is 0 Å². The van der Waals surface area contributed by atoms with Crippen molar-refractivity contribution in [1.82, 2.24) is 20.2 Å². The van der Waals surface area contributed by atoms with Gasteiger partial charge in [0.25, 0.3) is 10.0 Å². The van der Waals surface area contributed by atoms with Crippen molar-refractivity contribution in [3.63, 3.8) is 0 Å². The minimum atomic E-state index is -3.53. The largest absolute Gasteiger partial charge is 0.313 e. The third-order valence-corrected chi connectivity index (χ3v) is 4.05. The van der Waals surface area contributed by atoms with Gasteiger partial charge in [0.2, 0.25) is 0 Å².